The lowest BCUT2D eigenvalue weighted by molar-refractivity contribution is 0.825. The predicted octanol–water partition coefficient (Wildman–Crippen LogP) is 2.52. The third kappa shape index (κ3) is 1.76. The van der Waals surface area contributed by atoms with Crippen molar-refractivity contribution in [3.05, 3.63) is 65.7 Å². The Kier molecular flexibility index (Phi) is 2.29. The van der Waals surface area contributed by atoms with E-state index in [1.54, 1.807) is 0 Å². The minimum atomic E-state index is -0.0916. The van der Waals surface area contributed by atoms with Gasteiger partial charge in [0, 0.05) is 11.3 Å². The Labute approximate surface area is 100.0 Å². The molecule has 2 aromatic rings. The monoisotopic (exact) mass is 223 g/mol. The molecule has 1 atom stereocenters. The molecule has 3 rings (SSSR count). The number of aliphatic imine (C=N–C) groups is 1. The molecule has 0 radical (unpaired) electrons. The average Bonchev–Trinajstić information content (AvgIpc) is 2.40. The molecule has 84 valence electrons. The van der Waals surface area contributed by atoms with Gasteiger partial charge >= 0.3 is 0 Å². The summed E-state index contributed by atoms with van der Waals surface area (Å²) >= 11 is 0. The zero-order valence-electron chi connectivity index (χ0n) is 9.30. The molecule has 2 aromatic carbocycles. The zero-order chi connectivity index (χ0) is 11.7. The molecule has 1 aliphatic heterocycles. The Hall–Kier alpha value is -2.29. The molecule has 0 saturated carbocycles. The molecule has 17 heavy (non-hydrogen) atoms. The highest BCUT2D eigenvalue weighted by Crippen LogP contribution is 2.28. The summed E-state index contributed by atoms with van der Waals surface area (Å²) < 4.78 is 0. The summed E-state index contributed by atoms with van der Waals surface area (Å²) in [5.74, 6) is 0.591. The number of hydrogen-bond donors (Lipinski definition) is 2. The molecule has 3 nitrogen and oxygen atoms in total. The number of anilines is 1. The van der Waals surface area contributed by atoms with Crippen LogP contribution in [-0.2, 0) is 0 Å². The van der Waals surface area contributed by atoms with E-state index >= 15 is 0 Å². The van der Waals surface area contributed by atoms with Gasteiger partial charge in [0.05, 0.1) is 0 Å². The van der Waals surface area contributed by atoms with Gasteiger partial charge in [0.25, 0.3) is 0 Å². The highest BCUT2D eigenvalue weighted by molar-refractivity contribution is 6.03. The molecule has 0 aliphatic carbocycles. The fourth-order valence-electron chi connectivity index (χ4n) is 2.01. The van der Waals surface area contributed by atoms with Gasteiger partial charge in [0.2, 0.25) is 0 Å². The third-order valence-electron chi connectivity index (χ3n) is 2.88. The van der Waals surface area contributed by atoms with Crippen molar-refractivity contribution in [2.75, 3.05) is 5.32 Å². The Morgan fingerprint density at radius 1 is 0.941 bits per heavy atom. The second kappa shape index (κ2) is 3.94. The minimum Gasteiger partial charge on any atom is -0.383 e. The van der Waals surface area contributed by atoms with Gasteiger partial charge in [0.15, 0.2) is 0 Å². The number of hydrogen-bond acceptors (Lipinski definition) is 3. The summed E-state index contributed by atoms with van der Waals surface area (Å²) in [7, 11) is 0. The van der Waals surface area contributed by atoms with Gasteiger partial charge in [0.1, 0.15) is 12.0 Å². The van der Waals surface area contributed by atoms with E-state index in [2.05, 4.69) is 10.3 Å². The van der Waals surface area contributed by atoms with Crippen LogP contribution in [-0.4, -0.2) is 5.84 Å². The van der Waals surface area contributed by atoms with Gasteiger partial charge in [-0.2, -0.15) is 0 Å². The van der Waals surface area contributed by atoms with Crippen molar-refractivity contribution in [3.63, 3.8) is 0 Å². The van der Waals surface area contributed by atoms with Gasteiger partial charge in [-0.15, -0.1) is 0 Å². The van der Waals surface area contributed by atoms with Crippen molar-refractivity contribution in [2.45, 2.75) is 6.17 Å². The molecule has 1 aliphatic rings. The van der Waals surface area contributed by atoms with Gasteiger partial charge in [-0.3, -0.25) is 0 Å². The molecule has 0 fully saturated rings. The van der Waals surface area contributed by atoms with Crippen LogP contribution >= 0.6 is 0 Å². The molecule has 1 heterocycles. The number of para-hydroxylation sites is 1. The van der Waals surface area contributed by atoms with Crippen LogP contribution in [0.2, 0.25) is 0 Å². The van der Waals surface area contributed by atoms with E-state index in [0.717, 1.165) is 16.8 Å². The molecule has 3 N–H and O–H groups in total. The van der Waals surface area contributed by atoms with Crippen LogP contribution in [0.15, 0.2) is 59.6 Å². The topological polar surface area (TPSA) is 50.4 Å². The van der Waals surface area contributed by atoms with Gasteiger partial charge in [-0.25, -0.2) is 4.99 Å². The standard InChI is InChI=1S/C14H13N3/c15-13-11-8-4-5-9-12(11)16-14(17-13)10-6-2-1-3-7-10/h1-9,14,16H,(H2,15,17). The first-order chi connectivity index (χ1) is 8.34. The Bertz CT molecular complexity index is 561. The number of nitrogens with two attached hydrogens (primary N) is 1. The predicted molar refractivity (Wildman–Crippen MR) is 70.0 cm³/mol. The third-order valence-corrected chi connectivity index (χ3v) is 2.88. The quantitative estimate of drug-likeness (QED) is 0.780. The Morgan fingerprint density at radius 2 is 1.65 bits per heavy atom. The largest absolute Gasteiger partial charge is 0.383 e. The Morgan fingerprint density at radius 3 is 2.47 bits per heavy atom. The van der Waals surface area contributed by atoms with E-state index in [-0.39, 0.29) is 6.17 Å². The summed E-state index contributed by atoms with van der Waals surface area (Å²) in [6.07, 6.45) is -0.0916. The number of nitrogens with one attached hydrogen (secondary N) is 1. The van der Waals surface area contributed by atoms with Crippen LogP contribution in [0, 0.1) is 0 Å². The van der Waals surface area contributed by atoms with Crippen LogP contribution in [0.25, 0.3) is 0 Å². The lowest BCUT2D eigenvalue weighted by atomic mass is 10.1. The molecule has 0 saturated heterocycles. The minimum absolute atomic E-state index is 0.0916. The van der Waals surface area contributed by atoms with Crippen LogP contribution in [0.1, 0.15) is 17.3 Å². The van der Waals surface area contributed by atoms with Crippen molar-refractivity contribution >= 4 is 11.5 Å². The first kappa shape index (κ1) is 9.90. The van der Waals surface area contributed by atoms with Crippen molar-refractivity contribution in [1.29, 1.82) is 0 Å². The molecule has 3 heteroatoms. The van der Waals surface area contributed by atoms with Crippen LogP contribution in [0.3, 0.4) is 0 Å². The van der Waals surface area contributed by atoms with E-state index in [4.69, 9.17) is 5.73 Å². The highest BCUT2D eigenvalue weighted by Gasteiger charge is 2.18. The van der Waals surface area contributed by atoms with E-state index in [1.807, 2.05) is 54.6 Å². The van der Waals surface area contributed by atoms with Gasteiger partial charge in [-0.1, -0.05) is 42.5 Å². The summed E-state index contributed by atoms with van der Waals surface area (Å²) in [6, 6.07) is 18.0. The highest BCUT2D eigenvalue weighted by atomic mass is 15.1. The fraction of sp³-hybridized carbons (Fsp3) is 0.0714. The van der Waals surface area contributed by atoms with Crippen LogP contribution in [0.5, 0.6) is 0 Å². The second-order valence-electron chi connectivity index (χ2n) is 4.02. The van der Waals surface area contributed by atoms with Gasteiger partial charge < -0.3 is 11.1 Å². The maximum absolute atomic E-state index is 5.98. The molecule has 1 unspecified atom stereocenters. The number of benzene rings is 2. The number of rotatable bonds is 1. The molecule has 0 amide bonds. The summed E-state index contributed by atoms with van der Waals surface area (Å²) in [4.78, 5) is 4.48. The number of nitrogens with zero attached hydrogens (tertiary/aromatic N) is 1. The summed E-state index contributed by atoms with van der Waals surface area (Å²) in [6.45, 7) is 0. The van der Waals surface area contributed by atoms with E-state index in [0.29, 0.717) is 5.84 Å². The summed E-state index contributed by atoms with van der Waals surface area (Å²) in [5, 5.41) is 3.38. The number of fused-ring (bicyclic) bond motifs is 1. The van der Waals surface area contributed by atoms with Gasteiger partial charge in [-0.05, 0) is 17.7 Å². The zero-order valence-corrected chi connectivity index (χ0v) is 9.30. The lowest BCUT2D eigenvalue weighted by Crippen LogP contribution is -2.25. The maximum Gasteiger partial charge on any atom is 0.147 e. The first-order valence-electron chi connectivity index (χ1n) is 5.59. The maximum atomic E-state index is 5.98. The molecule has 0 aromatic heterocycles. The smallest absolute Gasteiger partial charge is 0.147 e. The number of amidine groups is 1. The Balaban J connectivity index is 2.02. The first-order valence-corrected chi connectivity index (χ1v) is 5.59. The van der Waals surface area contributed by atoms with Crippen molar-refractivity contribution in [1.82, 2.24) is 0 Å². The molecular formula is C14H13N3. The SMILES string of the molecule is NC1=NC(c2ccccc2)Nc2ccccc21. The van der Waals surface area contributed by atoms with Crippen LogP contribution in [0.4, 0.5) is 5.69 Å². The molecular weight excluding hydrogens is 210 g/mol. The van der Waals surface area contributed by atoms with Crippen molar-refractivity contribution in [3.8, 4) is 0 Å². The molecule has 0 spiro atoms. The van der Waals surface area contributed by atoms with E-state index < -0.39 is 0 Å². The summed E-state index contributed by atoms with van der Waals surface area (Å²) in [5.41, 5.74) is 9.11. The van der Waals surface area contributed by atoms with Crippen molar-refractivity contribution < 1.29 is 0 Å². The van der Waals surface area contributed by atoms with E-state index in [9.17, 15) is 0 Å². The van der Waals surface area contributed by atoms with E-state index in [1.165, 1.54) is 0 Å². The normalized spacial score (nSPS) is 17.9. The molecule has 0 bridgehead atoms. The lowest BCUT2D eigenvalue weighted by Gasteiger charge is -2.24. The fourth-order valence-corrected chi connectivity index (χ4v) is 2.01. The second-order valence-corrected chi connectivity index (χ2v) is 4.02. The average molecular weight is 223 g/mol. The van der Waals surface area contributed by atoms with Crippen LogP contribution < -0.4 is 11.1 Å². The van der Waals surface area contributed by atoms with Crippen molar-refractivity contribution in [2.24, 2.45) is 10.7 Å².